The molecule has 6 nitrogen and oxygen atoms in total. The van der Waals surface area contributed by atoms with Crippen LogP contribution in [0, 0.1) is 0 Å². The number of nitrogens with one attached hydrogen (secondary N) is 2. The number of hydrogen-bond donors (Lipinski definition) is 2. The summed E-state index contributed by atoms with van der Waals surface area (Å²) in [5.41, 5.74) is 3.07. The number of anilines is 3. The summed E-state index contributed by atoms with van der Waals surface area (Å²) in [6.45, 7) is 0.886. The fourth-order valence-corrected chi connectivity index (χ4v) is 4.03. The fourth-order valence-electron chi connectivity index (χ4n) is 4.03. The highest BCUT2D eigenvalue weighted by molar-refractivity contribution is 5.94. The third-order valence-corrected chi connectivity index (χ3v) is 5.31. The van der Waals surface area contributed by atoms with Crippen molar-refractivity contribution < 1.29 is 0 Å². The van der Waals surface area contributed by atoms with Crippen LogP contribution in [0.5, 0.6) is 0 Å². The van der Waals surface area contributed by atoms with Crippen LogP contribution in [0.1, 0.15) is 37.8 Å². The van der Waals surface area contributed by atoms with Crippen LogP contribution in [0.2, 0.25) is 0 Å². The standard InChI is InChI=1S/C19H22N6/c1-3-7-13(8-4-1)20-19-21-17-16-15(23-24-17)11-12-25(18(16)22-19)14-9-5-2-6-10-14/h2,5-6,9-10,13H,1,3-4,7-8,11-12H2,(H2,20,21,22,23,24). The topological polar surface area (TPSA) is 69.7 Å². The Labute approximate surface area is 146 Å². The Balaban J connectivity index is 1.57. The summed E-state index contributed by atoms with van der Waals surface area (Å²) in [5.74, 6) is 1.68. The highest BCUT2D eigenvalue weighted by Gasteiger charge is 2.26. The minimum atomic E-state index is 0.481. The molecule has 3 heterocycles. The monoisotopic (exact) mass is 334 g/mol. The van der Waals surface area contributed by atoms with Crippen molar-refractivity contribution in [3.63, 3.8) is 0 Å². The second-order valence-corrected chi connectivity index (χ2v) is 6.98. The maximum Gasteiger partial charge on any atom is 0.226 e. The lowest BCUT2D eigenvalue weighted by atomic mass is 9.96. The van der Waals surface area contributed by atoms with E-state index in [-0.39, 0.29) is 0 Å². The molecule has 0 saturated heterocycles. The lowest BCUT2D eigenvalue weighted by Gasteiger charge is -2.28. The maximum absolute atomic E-state index is 4.90. The lowest BCUT2D eigenvalue weighted by molar-refractivity contribution is 0.461. The number of hydrogen-bond acceptors (Lipinski definition) is 5. The number of aromatic amines is 1. The van der Waals surface area contributed by atoms with E-state index in [1.54, 1.807) is 0 Å². The number of H-pyrrole nitrogens is 1. The Morgan fingerprint density at radius 1 is 1.04 bits per heavy atom. The summed E-state index contributed by atoms with van der Waals surface area (Å²) in [4.78, 5) is 11.9. The molecule has 1 fully saturated rings. The van der Waals surface area contributed by atoms with Crippen molar-refractivity contribution in [2.45, 2.75) is 44.6 Å². The van der Waals surface area contributed by atoms with Gasteiger partial charge in [0.1, 0.15) is 5.82 Å². The molecule has 128 valence electrons. The molecule has 0 amide bonds. The first-order chi connectivity index (χ1) is 12.4. The van der Waals surface area contributed by atoms with E-state index in [1.165, 1.54) is 32.1 Å². The summed E-state index contributed by atoms with van der Waals surface area (Å²) in [6.07, 6.45) is 7.23. The van der Waals surface area contributed by atoms with E-state index in [2.05, 4.69) is 44.7 Å². The number of aromatic nitrogens is 4. The van der Waals surface area contributed by atoms with Crippen molar-refractivity contribution in [1.29, 1.82) is 0 Å². The first kappa shape index (κ1) is 14.7. The Morgan fingerprint density at radius 2 is 1.88 bits per heavy atom. The average molecular weight is 334 g/mol. The molecular formula is C19H22N6. The molecule has 0 bridgehead atoms. The van der Waals surface area contributed by atoms with Gasteiger partial charge in [-0.05, 0) is 25.0 Å². The van der Waals surface area contributed by atoms with E-state index in [1.807, 2.05) is 6.07 Å². The van der Waals surface area contributed by atoms with Gasteiger partial charge in [0.2, 0.25) is 5.95 Å². The third-order valence-electron chi connectivity index (χ3n) is 5.31. The molecule has 1 aliphatic heterocycles. The predicted octanol–water partition coefficient (Wildman–Crippen LogP) is 3.79. The summed E-state index contributed by atoms with van der Waals surface area (Å²) in [5, 5.41) is 12.2. The van der Waals surface area contributed by atoms with Gasteiger partial charge in [0.05, 0.1) is 11.1 Å². The van der Waals surface area contributed by atoms with Gasteiger partial charge in [-0.2, -0.15) is 15.1 Å². The van der Waals surface area contributed by atoms with E-state index >= 15 is 0 Å². The SMILES string of the molecule is c1ccc(N2CCc3n[nH]c4nc(NC5CCCCC5)nc2c34)cc1. The minimum absolute atomic E-state index is 0.481. The zero-order chi connectivity index (χ0) is 16.6. The second kappa shape index (κ2) is 6.02. The fraction of sp³-hybridized carbons (Fsp3) is 0.421. The van der Waals surface area contributed by atoms with Gasteiger partial charge in [-0.3, -0.25) is 5.10 Å². The predicted molar refractivity (Wildman–Crippen MR) is 99.3 cm³/mol. The normalized spacial score (nSPS) is 17.8. The molecule has 5 rings (SSSR count). The van der Waals surface area contributed by atoms with Crippen molar-refractivity contribution in [3.8, 4) is 0 Å². The summed E-state index contributed by atoms with van der Waals surface area (Å²) in [7, 11) is 0. The van der Waals surface area contributed by atoms with Crippen LogP contribution in [-0.2, 0) is 6.42 Å². The molecule has 0 unspecified atom stereocenters. The first-order valence-electron chi connectivity index (χ1n) is 9.22. The number of nitrogens with zero attached hydrogens (tertiary/aromatic N) is 4. The molecule has 0 atom stereocenters. The molecule has 1 saturated carbocycles. The van der Waals surface area contributed by atoms with Gasteiger partial charge in [0.25, 0.3) is 0 Å². The van der Waals surface area contributed by atoms with Crippen LogP contribution in [0.4, 0.5) is 17.5 Å². The van der Waals surface area contributed by atoms with Crippen molar-refractivity contribution >= 4 is 28.5 Å². The van der Waals surface area contributed by atoms with Crippen LogP contribution < -0.4 is 10.2 Å². The molecule has 3 aromatic rings. The van der Waals surface area contributed by atoms with E-state index in [4.69, 9.17) is 9.97 Å². The Kier molecular flexibility index (Phi) is 3.54. The molecular weight excluding hydrogens is 312 g/mol. The van der Waals surface area contributed by atoms with Gasteiger partial charge in [-0.15, -0.1) is 0 Å². The van der Waals surface area contributed by atoms with Gasteiger partial charge < -0.3 is 10.2 Å². The zero-order valence-corrected chi connectivity index (χ0v) is 14.2. The molecule has 2 aromatic heterocycles. The average Bonchev–Trinajstić information content (AvgIpc) is 3.08. The smallest absolute Gasteiger partial charge is 0.226 e. The number of rotatable bonds is 3. The molecule has 0 spiro atoms. The summed E-state index contributed by atoms with van der Waals surface area (Å²) in [6, 6.07) is 10.9. The largest absolute Gasteiger partial charge is 0.351 e. The summed E-state index contributed by atoms with van der Waals surface area (Å²) < 4.78 is 0. The lowest BCUT2D eigenvalue weighted by Crippen LogP contribution is -2.27. The molecule has 1 aliphatic carbocycles. The molecule has 2 N–H and O–H groups in total. The molecule has 0 radical (unpaired) electrons. The quantitative estimate of drug-likeness (QED) is 0.762. The first-order valence-corrected chi connectivity index (χ1v) is 9.22. The van der Waals surface area contributed by atoms with Gasteiger partial charge in [-0.1, -0.05) is 37.5 Å². The van der Waals surface area contributed by atoms with Crippen molar-refractivity contribution in [3.05, 3.63) is 36.0 Å². The van der Waals surface area contributed by atoms with Gasteiger partial charge >= 0.3 is 0 Å². The van der Waals surface area contributed by atoms with Crippen molar-refractivity contribution in [1.82, 2.24) is 20.2 Å². The Hall–Kier alpha value is -2.63. The van der Waals surface area contributed by atoms with Crippen LogP contribution in [0.25, 0.3) is 11.0 Å². The molecule has 1 aromatic carbocycles. The molecule has 2 aliphatic rings. The molecule has 25 heavy (non-hydrogen) atoms. The Morgan fingerprint density at radius 3 is 2.72 bits per heavy atom. The van der Waals surface area contributed by atoms with Crippen molar-refractivity contribution in [2.24, 2.45) is 0 Å². The van der Waals surface area contributed by atoms with Gasteiger partial charge in [0.15, 0.2) is 5.65 Å². The van der Waals surface area contributed by atoms with Crippen LogP contribution in [0.3, 0.4) is 0 Å². The van der Waals surface area contributed by atoms with E-state index in [0.29, 0.717) is 12.0 Å². The number of benzene rings is 1. The van der Waals surface area contributed by atoms with E-state index in [0.717, 1.165) is 41.2 Å². The minimum Gasteiger partial charge on any atom is -0.351 e. The Bertz CT molecular complexity index is 882. The zero-order valence-electron chi connectivity index (χ0n) is 14.2. The highest BCUT2D eigenvalue weighted by atomic mass is 15.3. The molecule has 6 heteroatoms. The number of para-hydroxylation sites is 1. The third kappa shape index (κ3) is 2.62. The van der Waals surface area contributed by atoms with E-state index in [9.17, 15) is 0 Å². The van der Waals surface area contributed by atoms with E-state index < -0.39 is 0 Å². The van der Waals surface area contributed by atoms with Crippen LogP contribution in [-0.4, -0.2) is 32.8 Å². The van der Waals surface area contributed by atoms with Crippen LogP contribution in [0.15, 0.2) is 30.3 Å². The second-order valence-electron chi connectivity index (χ2n) is 6.98. The van der Waals surface area contributed by atoms with Crippen LogP contribution >= 0.6 is 0 Å². The maximum atomic E-state index is 4.90. The van der Waals surface area contributed by atoms with Gasteiger partial charge in [-0.25, -0.2) is 0 Å². The van der Waals surface area contributed by atoms with Crippen molar-refractivity contribution in [2.75, 3.05) is 16.8 Å². The highest BCUT2D eigenvalue weighted by Crippen LogP contribution is 2.36. The summed E-state index contributed by atoms with van der Waals surface area (Å²) >= 11 is 0. The van der Waals surface area contributed by atoms with Gasteiger partial charge in [0, 0.05) is 24.7 Å².